The molecule has 0 aromatic rings. The zero-order valence-electron chi connectivity index (χ0n) is 51.5. The molecule has 0 radical (unpaired) electrons. The summed E-state index contributed by atoms with van der Waals surface area (Å²) in [6, 6.07) is -1.02. The Morgan fingerprint density at radius 1 is 0.494 bits per heavy atom. The second-order valence-corrected chi connectivity index (χ2v) is 23.6. The summed E-state index contributed by atoms with van der Waals surface area (Å²) >= 11 is 0. The zero-order valence-corrected chi connectivity index (χ0v) is 51.5. The summed E-state index contributed by atoms with van der Waals surface area (Å²) in [5, 5.41) is 57.1. The Balaban J connectivity index is 2.55. The van der Waals surface area contributed by atoms with Gasteiger partial charge in [-0.2, -0.15) is 0 Å². The maximum Gasteiger partial charge on any atom is 0.306 e. The number of rotatable bonds is 58. The lowest BCUT2D eigenvalue weighted by Crippen LogP contribution is -2.61. The van der Waals surface area contributed by atoms with Crippen molar-refractivity contribution in [2.24, 2.45) is 0 Å². The van der Waals surface area contributed by atoms with Crippen LogP contribution in [0.3, 0.4) is 0 Å². The van der Waals surface area contributed by atoms with Gasteiger partial charge in [-0.15, -0.1) is 0 Å². The van der Waals surface area contributed by atoms with E-state index in [0.29, 0.717) is 19.3 Å². The SMILES string of the molecule is CCCCC/C=C\C/C=C\CCCCCCCCCCCCCCCCCC(=O)OC1C(OCC(NC(=O)C(O)CCCCCCCCCCCCCCC)C(O)/C=C/CCCCCCCCCCCC)OC(CO)C(O)C1O. The van der Waals surface area contributed by atoms with E-state index in [1.165, 1.54) is 212 Å². The van der Waals surface area contributed by atoms with E-state index in [2.05, 4.69) is 50.4 Å². The second kappa shape index (κ2) is 56.4. The van der Waals surface area contributed by atoms with Crippen molar-refractivity contribution in [2.45, 2.75) is 372 Å². The third kappa shape index (κ3) is 44.1. The van der Waals surface area contributed by atoms with Gasteiger partial charge in [0.2, 0.25) is 5.91 Å². The summed E-state index contributed by atoms with van der Waals surface area (Å²) in [7, 11) is 0. The van der Waals surface area contributed by atoms with Crippen LogP contribution in [-0.4, -0.2) is 99.6 Å². The number of unbranched alkanes of at least 4 members (excludes halogenated alkanes) is 40. The summed E-state index contributed by atoms with van der Waals surface area (Å²) in [4.78, 5) is 26.6. The van der Waals surface area contributed by atoms with E-state index in [9.17, 15) is 35.1 Å². The van der Waals surface area contributed by atoms with Crippen molar-refractivity contribution in [3.63, 3.8) is 0 Å². The molecule has 11 heteroatoms. The first kappa shape index (κ1) is 74.9. The molecule has 1 heterocycles. The van der Waals surface area contributed by atoms with Crippen LogP contribution in [-0.2, 0) is 23.8 Å². The van der Waals surface area contributed by atoms with Gasteiger partial charge in [0.15, 0.2) is 12.4 Å². The molecule has 0 saturated carbocycles. The number of ether oxygens (including phenoxy) is 3. The number of allylic oxidation sites excluding steroid dienone is 5. The monoisotopic (exact) mass is 1120 g/mol. The highest BCUT2D eigenvalue weighted by Gasteiger charge is 2.47. The van der Waals surface area contributed by atoms with E-state index in [1.54, 1.807) is 6.08 Å². The summed E-state index contributed by atoms with van der Waals surface area (Å²) in [5.74, 6) is -1.18. The molecule has 11 nitrogen and oxygen atoms in total. The van der Waals surface area contributed by atoms with Crippen molar-refractivity contribution >= 4 is 11.9 Å². The Bertz CT molecular complexity index is 1420. The molecule has 1 amide bonds. The Labute approximate surface area is 485 Å². The van der Waals surface area contributed by atoms with E-state index >= 15 is 0 Å². The van der Waals surface area contributed by atoms with E-state index in [4.69, 9.17) is 14.2 Å². The number of aliphatic hydroxyl groups is 5. The topological polar surface area (TPSA) is 175 Å². The molecule has 1 aliphatic heterocycles. The molecule has 464 valence electrons. The lowest BCUT2D eigenvalue weighted by molar-refractivity contribution is -0.305. The van der Waals surface area contributed by atoms with Crippen molar-refractivity contribution in [2.75, 3.05) is 13.2 Å². The number of esters is 1. The molecule has 6 N–H and O–H groups in total. The lowest BCUT2D eigenvalue weighted by atomic mass is 9.99. The first-order chi connectivity index (χ1) is 38.7. The maximum absolute atomic E-state index is 13.4. The van der Waals surface area contributed by atoms with Gasteiger partial charge in [0.1, 0.15) is 24.4 Å². The molecule has 8 unspecified atom stereocenters. The van der Waals surface area contributed by atoms with Gasteiger partial charge in [-0.3, -0.25) is 9.59 Å². The molecule has 8 atom stereocenters. The van der Waals surface area contributed by atoms with Gasteiger partial charge < -0.3 is 45.1 Å². The normalized spacial score (nSPS) is 19.0. The molecular weight excluding hydrogens is 991 g/mol. The van der Waals surface area contributed by atoms with Crippen molar-refractivity contribution in [1.29, 1.82) is 0 Å². The third-order valence-corrected chi connectivity index (χ3v) is 16.0. The Kier molecular flexibility index (Phi) is 53.4. The van der Waals surface area contributed by atoms with Gasteiger partial charge >= 0.3 is 5.97 Å². The number of hydrogen-bond acceptors (Lipinski definition) is 10. The van der Waals surface area contributed by atoms with Crippen LogP contribution in [0.15, 0.2) is 36.5 Å². The fraction of sp³-hybridized carbons (Fsp3) is 0.882. The van der Waals surface area contributed by atoms with Crippen LogP contribution < -0.4 is 5.32 Å². The van der Waals surface area contributed by atoms with E-state index in [1.807, 2.05) is 6.08 Å². The standard InChI is InChI=1S/C68H127NO10/c1-4-7-10-13-16-19-22-25-26-27-28-29-30-31-32-33-34-35-36-38-41-44-47-50-53-56-63(73)79-66-65(75)64(74)62(57-70)78-68(66)77-58-59(60(71)54-51-48-45-42-39-24-21-18-15-12-9-6-3)69-67(76)61(72)55-52-49-46-43-40-37-23-20-17-14-11-8-5-2/h16,19,25-26,51,54,59-62,64-66,68,70-72,74-75H,4-15,17-18,20-24,27-50,52-53,55-58H2,1-3H3,(H,69,76)/b19-16-,26-25-,54-51+. The van der Waals surface area contributed by atoms with Crippen LogP contribution in [0.5, 0.6) is 0 Å². The molecule has 1 aliphatic rings. The van der Waals surface area contributed by atoms with E-state index in [0.717, 1.165) is 64.2 Å². The van der Waals surface area contributed by atoms with Gasteiger partial charge in [0.25, 0.3) is 0 Å². The van der Waals surface area contributed by atoms with Gasteiger partial charge in [0, 0.05) is 6.42 Å². The van der Waals surface area contributed by atoms with Gasteiger partial charge in [-0.05, 0) is 57.8 Å². The van der Waals surface area contributed by atoms with Crippen molar-refractivity contribution in [3.05, 3.63) is 36.5 Å². The van der Waals surface area contributed by atoms with E-state index < -0.39 is 67.4 Å². The summed E-state index contributed by atoms with van der Waals surface area (Å²) in [6.45, 7) is 5.79. The predicted octanol–water partition coefficient (Wildman–Crippen LogP) is 16.6. The summed E-state index contributed by atoms with van der Waals surface area (Å²) < 4.78 is 17.7. The van der Waals surface area contributed by atoms with Gasteiger partial charge in [0.05, 0.1) is 25.4 Å². The quantitative estimate of drug-likeness (QED) is 0.0195. The molecule has 1 saturated heterocycles. The molecule has 1 fully saturated rings. The summed E-state index contributed by atoms with van der Waals surface area (Å²) in [6.07, 6.45) is 57.6. The maximum atomic E-state index is 13.4. The predicted molar refractivity (Wildman–Crippen MR) is 329 cm³/mol. The van der Waals surface area contributed by atoms with Crippen LogP contribution in [0.1, 0.15) is 323 Å². The third-order valence-electron chi connectivity index (χ3n) is 16.0. The molecule has 1 rings (SSSR count). The van der Waals surface area contributed by atoms with Gasteiger partial charge in [-0.25, -0.2) is 0 Å². The average Bonchev–Trinajstić information content (AvgIpc) is 3.49. The fourth-order valence-corrected chi connectivity index (χ4v) is 10.7. The van der Waals surface area contributed by atoms with Crippen LogP contribution in [0.25, 0.3) is 0 Å². The van der Waals surface area contributed by atoms with Crippen molar-refractivity contribution in [3.8, 4) is 0 Å². The lowest BCUT2D eigenvalue weighted by Gasteiger charge is -2.41. The number of carbonyl (C=O) groups excluding carboxylic acids is 2. The fourth-order valence-electron chi connectivity index (χ4n) is 10.7. The first-order valence-electron chi connectivity index (χ1n) is 33.8. The van der Waals surface area contributed by atoms with Crippen LogP contribution >= 0.6 is 0 Å². The molecule has 79 heavy (non-hydrogen) atoms. The number of amides is 1. The van der Waals surface area contributed by atoms with Crippen molar-refractivity contribution in [1.82, 2.24) is 5.32 Å². The van der Waals surface area contributed by atoms with Crippen LogP contribution in [0, 0.1) is 0 Å². The van der Waals surface area contributed by atoms with Crippen molar-refractivity contribution < 1.29 is 49.3 Å². The molecule has 0 aromatic heterocycles. The Morgan fingerprint density at radius 3 is 1.32 bits per heavy atom. The largest absolute Gasteiger partial charge is 0.454 e. The minimum Gasteiger partial charge on any atom is -0.454 e. The Morgan fingerprint density at radius 2 is 0.873 bits per heavy atom. The number of aliphatic hydroxyl groups excluding tert-OH is 5. The van der Waals surface area contributed by atoms with Crippen LogP contribution in [0.2, 0.25) is 0 Å². The molecule has 0 aliphatic carbocycles. The smallest absolute Gasteiger partial charge is 0.306 e. The average molecular weight is 1120 g/mol. The first-order valence-corrected chi connectivity index (χ1v) is 33.8. The molecule has 0 bridgehead atoms. The number of hydrogen-bond donors (Lipinski definition) is 6. The minimum absolute atomic E-state index is 0.127. The Hall–Kier alpha value is -2.12. The highest BCUT2D eigenvalue weighted by Crippen LogP contribution is 2.26. The second-order valence-electron chi connectivity index (χ2n) is 23.6. The summed E-state index contributed by atoms with van der Waals surface area (Å²) in [5.41, 5.74) is 0. The minimum atomic E-state index is -1.61. The zero-order chi connectivity index (χ0) is 57.5. The highest BCUT2D eigenvalue weighted by atomic mass is 16.7. The molecular formula is C68H127NO10. The number of carbonyl (C=O) groups is 2. The van der Waals surface area contributed by atoms with Crippen LogP contribution in [0.4, 0.5) is 0 Å². The number of nitrogens with one attached hydrogen (secondary N) is 1. The molecule has 0 spiro atoms. The highest BCUT2D eigenvalue weighted by molar-refractivity contribution is 5.80. The molecule has 0 aromatic carbocycles. The van der Waals surface area contributed by atoms with E-state index in [-0.39, 0.29) is 13.0 Å². The van der Waals surface area contributed by atoms with Gasteiger partial charge in [-0.1, -0.05) is 295 Å².